The van der Waals surface area contributed by atoms with Crippen LogP contribution in [-0.4, -0.2) is 26.4 Å². The van der Waals surface area contributed by atoms with Crippen LogP contribution in [0.4, 0.5) is 0 Å². The Hall–Kier alpha value is -1.33. The van der Waals surface area contributed by atoms with Gasteiger partial charge in [-0.3, -0.25) is 0 Å². The van der Waals surface area contributed by atoms with Crippen LogP contribution in [0.15, 0.2) is 28.2 Å². The standard InChI is InChI=1S/C11H22N4O/c1-6-15-16-8(2)7-10(12)9(3)11(13-4)14-5/h7,10,14-15H,4,6,12H2,1-3,5H3/b8-7+,11-9+. The lowest BCUT2D eigenvalue weighted by Crippen LogP contribution is -2.24. The summed E-state index contributed by atoms with van der Waals surface area (Å²) >= 11 is 0. The summed E-state index contributed by atoms with van der Waals surface area (Å²) in [7, 11) is 1.78. The van der Waals surface area contributed by atoms with E-state index >= 15 is 0 Å². The van der Waals surface area contributed by atoms with E-state index in [-0.39, 0.29) is 6.04 Å². The number of hydroxylamine groups is 1. The number of aliphatic imine (C=N–C) groups is 1. The first kappa shape index (κ1) is 14.7. The molecule has 0 amide bonds. The van der Waals surface area contributed by atoms with Gasteiger partial charge in [-0.15, -0.1) is 0 Å². The molecule has 0 aliphatic carbocycles. The summed E-state index contributed by atoms with van der Waals surface area (Å²) in [6, 6.07) is -0.244. The van der Waals surface area contributed by atoms with Crippen molar-refractivity contribution >= 4 is 6.72 Å². The van der Waals surface area contributed by atoms with Crippen molar-refractivity contribution < 1.29 is 4.84 Å². The Morgan fingerprint density at radius 2 is 2.19 bits per heavy atom. The van der Waals surface area contributed by atoms with Crippen LogP contribution in [-0.2, 0) is 4.84 Å². The average molecular weight is 226 g/mol. The lowest BCUT2D eigenvalue weighted by atomic mass is 10.1. The minimum atomic E-state index is -0.244. The van der Waals surface area contributed by atoms with E-state index in [0.717, 1.165) is 17.9 Å². The van der Waals surface area contributed by atoms with Crippen molar-refractivity contribution in [1.29, 1.82) is 0 Å². The van der Waals surface area contributed by atoms with Gasteiger partial charge < -0.3 is 15.9 Å². The third-order valence-corrected chi connectivity index (χ3v) is 2.06. The number of hydrogen-bond acceptors (Lipinski definition) is 5. The molecule has 92 valence electrons. The summed E-state index contributed by atoms with van der Waals surface area (Å²) in [5.74, 6) is 1.42. The van der Waals surface area contributed by atoms with Gasteiger partial charge in [-0.2, -0.15) is 5.48 Å². The molecule has 0 aliphatic heterocycles. The maximum Gasteiger partial charge on any atom is 0.125 e. The van der Waals surface area contributed by atoms with Crippen molar-refractivity contribution in [1.82, 2.24) is 10.8 Å². The molecular weight excluding hydrogens is 204 g/mol. The quantitative estimate of drug-likeness (QED) is 0.343. The van der Waals surface area contributed by atoms with Crippen LogP contribution in [0.5, 0.6) is 0 Å². The third-order valence-electron chi connectivity index (χ3n) is 2.06. The molecule has 0 fully saturated rings. The van der Waals surface area contributed by atoms with E-state index in [1.165, 1.54) is 0 Å². The molecule has 0 saturated carbocycles. The van der Waals surface area contributed by atoms with Crippen molar-refractivity contribution in [2.45, 2.75) is 26.8 Å². The fraction of sp³-hybridized carbons (Fsp3) is 0.545. The highest BCUT2D eigenvalue weighted by Gasteiger charge is 2.07. The number of allylic oxidation sites excluding steroid dienone is 1. The van der Waals surface area contributed by atoms with E-state index in [1.54, 1.807) is 7.05 Å². The van der Waals surface area contributed by atoms with Crippen LogP contribution in [0, 0.1) is 0 Å². The van der Waals surface area contributed by atoms with Gasteiger partial charge in [0.1, 0.15) is 11.6 Å². The van der Waals surface area contributed by atoms with Crippen LogP contribution in [0.25, 0.3) is 0 Å². The van der Waals surface area contributed by atoms with Crippen molar-refractivity contribution in [3.05, 3.63) is 23.2 Å². The first-order valence-electron chi connectivity index (χ1n) is 5.25. The first-order valence-corrected chi connectivity index (χ1v) is 5.25. The van der Waals surface area contributed by atoms with Gasteiger partial charge in [0.05, 0.1) is 6.04 Å². The van der Waals surface area contributed by atoms with Crippen LogP contribution in [0.1, 0.15) is 20.8 Å². The normalized spacial score (nSPS) is 15.2. The molecule has 1 atom stereocenters. The molecule has 0 spiro atoms. The molecule has 0 aromatic carbocycles. The molecule has 4 N–H and O–H groups in total. The van der Waals surface area contributed by atoms with Gasteiger partial charge in [-0.25, -0.2) is 4.99 Å². The van der Waals surface area contributed by atoms with Gasteiger partial charge in [-0.1, -0.05) is 0 Å². The maximum atomic E-state index is 5.97. The molecule has 0 bridgehead atoms. The topological polar surface area (TPSA) is 71.7 Å². The van der Waals surface area contributed by atoms with E-state index in [0.29, 0.717) is 5.82 Å². The van der Waals surface area contributed by atoms with Gasteiger partial charge in [0.25, 0.3) is 0 Å². The van der Waals surface area contributed by atoms with Gasteiger partial charge in [0, 0.05) is 13.6 Å². The SMILES string of the molecule is C=N/C(NC)=C(/C)C(N)/C=C(\C)ONCC. The third kappa shape index (κ3) is 4.95. The molecule has 1 unspecified atom stereocenters. The Labute approximate surface area is 97.4 Å². The van der Waals surface area contributed by atoms with Gasteiger partial charge in [0.2, 0.25) is 0 Å². The Balaban J connectivity index is 4.60. The van der Waals surface area contributed by atoms with E-state index < -0.39 is 0 Å². The molecule has 0 heterocycles. The lowest BCUT2D eigenvalue weighted by molar-refractivity contribution is 0.110. The van der Waals surface area contributed by atoms with Gasteiger partial charge >= 0.3 is 0 Å². The minimum Gasteiger partial charge on any atom is -0.414 e. The molecule has 5 heteroatoms. The Morgan fingerprint density at radius 3 is 2.62 bits per heavy atom. The number of rotatable bonds is 7. The van der Waals surface area contributed by atoms with Crippen molar-refractivity contribution in [2.24, 2.45) is 10.7 Å². The highest BCUT2D eigenvalue weighted by atomic mass is 16.6. The smallest absolute Gasteiger partial charge is 0.125 e. The zero-order chi connectivity index (χ0) is 12.6. The molecule has 0 radical (unpaired) electrons. The van der Waals surface area contributed by atoms with Crippen LogP contribution in [0.3, 0.4) is 0 Å². The highest BCUT2D eigenvalue weighted by Crippen LogP contribution is 2.08. The van der Waals surface area contributed by atoms with Crippen LogP contribution < -0.4 is 16.5 Å². The summed E-state index contributed by atoms with van der Waals surface area (Å²) in [6.45, 7) is 9.92. The van der Waals surface area contributed by atoms with Crippen LogP contribution >= 0.6 is 0 Å². The number of nitrogens with one attached hydrogen (secondary N) is 2. The van der Waals surface area contributed by atoms with E-state index in [1.807, 2.05) is 26.8 Å². The highest BCUT2D eigenvalue weighted by molar-refractivity contribution is 5.32. The molecule has 0 saturated heterocycles. The van der Waals surface area contributed by atoms with Crippen molar-refractivity contribution in [2.75, 3.05) is 13.6 Å². The van der Waals surface area contributed by atoms with E-state index in [9.17, 15) is 0 Å². The molecule has 0 rings (SSSR count). The monoisotopic (exact) mass is 226 g/mol. The van der Waals surface area contributed by atoms with Crippen molar-refractivity contribution in [3.8, 4) is 0 Å². The zero-order valence-electron chi connectivity index (χ0n) is 10.5. The molecule has 0 aliphatic rings. The van der Waals surface area contributed by atoms with E-state index in [2.05, 4.69) is 22.5 Å². The van der Waals surface area contributed by atoms with E-state index in [4.69, 9.17) is 10.6 Å². The molecular formula is C11H22N4O. The van der Waals surface area contributed by atoms with Gasteiger partial charge in [-0.05, 0) is 39.1 Å². The number of nitrogens with two attached hydrogens (primary N) is 1. The summed E-state index contributed by atoms with van der Waals surface area (Å²) in [5, 5.41) is 2.93. The second kappa shape index (κ2) is 7.90. The molecule has 16 heavy (non-hydrogen) atoms. The number of hydrogen-bond donors (Lipinski definition) is 3. The van der Waals surface area contributed by atoms with Gasteiger partial charge in [0.15, 0.2) is 0 Å². The largest absolute Gasteiger partial charge is 0.414 e. The second-order valence-electron chi connectivity index (χ2n) is 3.34. The summed E-state index contributed by atoms with van der Waals surface area (Å²) in [6.07, 6.45) is 1.82. The minimum absolute atomic E-state index is 0.244. The lowest BCUT2D eigenvalue weighted by Gasteiger charge is -2.13. The fourth-order valence-electron chi connectivity index (χ4n) is 1.16. The zero-order valence-corrected chi connectivity index (χ0v) is 10.5. The molecule has 0 aromatic heterocycles. The Kier molecular flexibility index (Phi) is 7.24. The molecule has 0 aromatic rings. The Morgan fingerprint density at radius 1 is 1.56 bits per heavy atom. The fourth-order valence-corrected chi connectivity index (χ4v) is 1.16. The summed E-state index contributed by atoms with van der Waals surface area (Å²) < 4.78 is 0. The first-order chi connectivity index (χ1) is 7.56. The predicted molar refractivity (Wildman–Crippen MR) is 67.8 cm³/mol. The maximum absolute atomic E-state index is 5.97. The predicted octanol–water partition coefficient (Wildman–Crippen LogP) is 0.910. The average Bonchev–Trinajstić information content (AvgIpc) is 2.27. The van der Waals surface area contributed by atoms with Crippen LogP contribution in [0.2, 0.25) is 0 Å². The summed E-state index contributed by atoms with van der Waals surface area (Å²) in [4.78, 5) is 9.05. The van der Waals surface area contributed by atoms with Crippen molar-refractivity contribution in [3.63, 3.8) is 0 Å². The Bertz CT molecular complexity index is 284. The number of nitrogens with zero attached hydrogens (tertiary/aromatic N) is 1. The summed E-state index contributed by atoms with van der Waals surface area (Å²) in [5.41, 5.74) is 9.64. The second-order valence-corrected chi connectivity index (χ2v) is 3.34. The molecule has 5 nitrogen and oxygen atoms in total.